The lowest BCUT2D eigenvalue weighted by Gasteiger charge is -2.31. The molecule has 46 heavy (non-hydrogen) atoms. The Morgan fingerprint density at radius 2 is 1.54 bits per heavy atom. The summed E-state index contributed by atoms with van der Waals surface area (Å²) in [5.41, 5.74) is 3.62. The zero-order valence-electron chi connectivity index (χ0n) is 25.5. The Morgan fingerprint density at radius 1 is 0.913 bits per heavy atom. The second kappa shape index (κ2) is 11.6. The van der Waals surface area contributed by atoms with Crippen LogP contribution in [0.15, 0.2) is 87.5 Å². The number of thiazole rings is 1. The van der Waals surface area contributed by atoms with Crippen LogP contribution in [0.2, 0.25) is 0 Å². The lowest BCUT2D eigenvalue weighted by molar-refractivity contribution is -0.122. The quantitative estimate of drug-likeness (QED) is 0.284. The van der Waals surface area contributed by atoms with E-state index in [4.69, 9.17) is 5.14 Å². The number of hydrogen-bond acceptors (Lipinski definition) is 8. The fraction of sp³-hybridized carbons (Fsp3) is 0.273. The summed E-state index contributed by atoms with van der Waals surface area (Å²) in [6, 6.07) is 20.5. The molecule has 3 atom stereocenters. The zero-order chi connectivity index (χ0) is 33.1. The Hall–Kier alpha value is -4.04. The highest BCUT2D eigenvalue weighted by Crippen LogP contribution is 2.54. The van der Waals surface area contributed by atoms with E-state index in [2.05, 4.69) is 26.1 Å². The maximum absolute atomic E-state index is 14.1. The van der Waals surface area contributed by atoms with Gasteiger partial charge in [0.05, 0.1) is 21.5 Å². The number of aryl methyl sites for hydroxylation is 1. The first-order valence-electron chi connectivity index (χ1n) is 14.5. The largest absolute Gasteiger partial charge is 0.325 e. The van der Waals surface area contributed by atoms with Gasteiger partial charge in [0.15, 0.2) is 0 Å². The fourth-order valence-corrected chi connectivity index (χ4v) is 9.11. The molecule has 0 spiro atoms. The average molecular weight is 677 g/mol. The molecule has 6 rings (SSSR count). The minimum absolute atomic E-state index is 0.100. The van der Waals surface area contributed by atoms with Crippen LogP contribution in [0.4, 0.5) is 11.4 Å². The molecule has 0 bridgehead atoms. The van der Waals surface area contributed by atoms with E-state index in [1.54, 1.807) is 12.1 Å². The number of nitrogens with two attached hydrogens (primary N) is 1. The smallest absolute Gasteiger partial charge is 0.308 e. The molecule has 13 heteroatoms. The molecule has 0 aliphatic carbocycles. The summed E-state index contributed by atoms with van der Waals surface area (Å²) in [4.78, 5) is 56.1. The van der Waals surface area contributed by atoms with Gasteiger partial charge in [0.2, 0.25) is 27.7 Å². The number of rotatable bonds is 6. The van der Waals surface area contributed by atoms with Crippen molar-refractivity contribution in [3.63, 3.8) is 0 Å². The molecule has 3 aromatic carbocycles. The van der Waals surface area contributed by atoms with Gasteiger partial charge in [0.25, 0.3) is 0 Å². The van der Waals surface area contributed by atoms with Crippen LogP contribution < -0.4 is 20.2 Å². The summed E-state index contributed by atoms with van der Waals surface area (Å²) in [5.74, 6) is -2.53. The Balaban J connectivity index is 1.38. The van der Waals surface area contributed by atoms with Crippen LogP contribution in [0.25, 0.3) is 0 Å². The van der Waals surface area contributed by atoms with Crippen molar-refractivity contribution >= 4 is 62.2 Å². The highest BCUT2D eigenvalue weighted by atomic mass is 32.2. The summed E-state index contributed by atoms with van der Waals surface area (Å²) in [5, 5.41) is 7.52. The lowest BCUT2D eigenvalue weighted by atomic mass is 9.81. The van der Waals surface area contributed by atoms with Crippen molar-refractivity contribution in [3.05, 3.63) is 104 Å². The van der Waals surface area contributed by atoms with Crippen LogP contribution in [0.5, 0.6) is 0 Å². The molecule has 0 radical (unpaired) electrons. The predicted molar refractivity (Wildman–Crippen MR) is 179 cm³/mol. The molecule has 3 N–H and O–H groups in total. The van der Waals surface area contributed by atoms with Crippen molar-refractivity contribution in [1.29, 1.82) is 0 Å². The summed E-state index contributed by atoms with van der Waals surface area (Å²) >= 11 is 2.13. The molecular formula is C33H32N4O6S3. The Kier molecular flexibility index (Phi) is 8.08. The van der Waals surface area contributed by atoms with E-state index >= 15 is 0 Å². The third-order valence-corrected chi connectivity index (χ3v) is 11.8. The van der Waals surface area contributed by atoms with Crippen LogP contribution in [-0.4, -0.2) is 36.0 Å². The van der Waals surface area contributed by atoms with Gasteiger partial charge in [0.1, 0.15) is 11.8 Å². The minimum atomic E-state index is -3.90. The minimum Gasteiger partial charge on any atom is -0.325 e. The first-order valence-corrected chi connectivity index (χ1v) is 17.8. The molecule has 3 unspecified atom stereocenters. The maximum Gasteiger partial charge on any atom is 0.308 e. The Bertz CT molecular complexity index is 2030. The van der Waals surface area contributed by atoms with E-state index in [0.717, 1.165) is 39.8 Å². The SMILES string of the molecule is Cc1ccc(N2C(=O)C3Sc4c(sc(=O)n4CC(=O)Nc4ccc(S(N)(=O)=O)cc4)C(c4ccc(C(C)(C)C)cc4)C3C2=O)cc1. The van der Waals surface area contributed by atoms with Gasteiger partial charge in [-0.1, -0.05) is 85.8 Å². The molecule has 1 saturated heterocycles. The van der Waals surface area contributed by atoms with Gasteiger partial charge in [0, 0.05) is 16.5 Å². The molecule has 4 aromatic rings. The molecule has 3 amide bonds. The molecule has 1 aromatic heterocycles. The van der Waals surface area contributed by atoms with E-state index in [0.29, 0.717) is 21.3 Å². The number of nitrogens with one attached hydrogen (secondary N) is 1. The molecule has 0 saturated carbocycles. The number of carbonyl (C=O) groups is 3. The van der Waals surface area contributed by atoms with E-state index in [9.17, 15) is 27.6 Å². The van der Waals surface area contributed by atoms with Crippen LogP contribution >= 0.6 is 23.1 Å². The van der Waals surface area contributed by atoms with Crippen molar-refractivity contribution in [2.24, 2.45) is 11.1 Å². The van der Waals surface area contributed by atoms with Crippen LogP contribution in [0, 0.1) is 12.8 Å². The van der Waals surface area contributed by atoms with Crippen LogP contribution in [-0.2, 0) is 36.4 Å². The van der Waals surface area contributed by atoms with Crippen molar-refractivity contribution in [2.75, 3.05) is 10.2 Å². The molecule has 2 aliphatic rings. The topological polar surface area (TPSA) is 149 Å². The van der Waals surface area contributed by atoms with E-state index in [1.807, 2.05) is 43.3 Å². The van der Waals surface area contributed by atoms with Gasteiger partial charge >= 0.3 is 4.87 Å². The average Bonchev–Trinajstić information content (AvgIpc) is 3.43. The van der Waals surface area contributed by atoms with Gasteiger partial charge < -0.3 is 5.32 Å². The predicted octanol–water partition coefficient (Wildman–Crippen LogP) is 4.60. The van der Waals surface area contributed by atoms with Gasteiger partial charge in [-0.3, -0.25) is 23.7 Å². The molecular weight excluding hydrogens is 645 g/mol. The Morgan fingerprint density at radius 3 is 2.13 bits per heavy atom. The first kappa shape index (κ1) is 31.9. The molecule has 1 fully saturated rings. The number of imide groups is 1. The van der Waals surface area contributed by atoms with Crippen LogP contribution in [0.3, 0.4) is 0 Å². The van der Waals surface area contributed by atoms with Crippen molar-refractivity contribution in [1.82, 2.24) is 4.57 Å². The van der Waals surface area contributed by atoms with Gasteiger partial charge in [-0.05, 0) is 59.9 Å². The van der Waals surface area contributed by atoms with Gasteiger partial charge in [-0.25, -0.2) is 18.5 Å². The molecule has 2 aliphatic heterocycles. The zero-order valence-corrected chi connectivity index (χ0v) is 28.0. The number of hydrogen-bond donors (Lipinski definition) is 2. The fourth-order valence-electron chi connectivity index (χ4n) is 5.83. The summed E-state index contributed by atoms with van der Waals surface area (Å²) in [7, 11) is -3.90. The maximum atomic E-state index is 14.1. The molecule has 3 heterocycles. The van der Waals surface area contributed by atoms with Crippen LogP contribution in [0.1, 0.15) is 48.3 Å². The number of benzene rings is 3. The number of carbonyl (C=O) groups excluding carboxylic acids is 3. The number of sulfonamides is 1. The van der Waals surface area contributed by atoms with E-state index < -0.39 is 33.0 Å². The standard InChI is InChI=1S/C33H32N4O6S3/c1-18-5-13-22(14-6-18)37-29(39)26-25(19-7-9-20(10-8-19)33(2,3)4)28-31(44-27(26)30(37)40)36(32(41)45-28)17-24(38)35-21-11-15-23(16-12-21)46(34,42)43/h5-16,25-27H,17H2,1-4H3,(H,35,38)(H2,34,42,43). The number of amides is 3. The first-order chi connectivity index (χ1) is 21.6. The third kappa shape index (κ3) is 5.83. The summed E-state index contributed by atoms with van der Waals surface area (Å²) < 4.78 is 24.5. The van der Waals surface area contributed by atoms with Gasteiger partial charge in [-0.2, -0.15) is 0 Å². The number of aromatic nitrogens is 1. The number of anilines is 2. The van der Waals surface area contributed by atoms with E-state index in [1.165, 1.54) is 33.7 Å². The number of primary sulfonamides is 1. The highest BCUT2D eigenvalue weighted by molar-refractivity contribution is 8.00. The van der Waals surface area contributed by atoms with Crippen molar-refractivity contribution in [2.45, 2.75) is 60.7 Å². The molecule has 10 nitrogen and oxygen atoms in total. The lowest BCUT2D eigenvalue weighted by Crippen LogP contribution is -2.33. The third-order valence-electron chi connectivity index (χ3n) is 8.25. The van der Waals surface area contributed by atoms with Crippen molar-refractivity contribution in [3.8, 4) is 0 Å². The number of thioether (sulfide) groups is 1. The normalized spacial score (nSPS) is 19.6. The van der Waals surface area contributed by atoms with Gasteiger partial charge in [-0.15, -0.1) is 0 Å². The van der Waals surface area contributed by atoms with E-state index in [-0.39, 0.29) is 33.5 Å². The van der Waals surface area contributed by atoms with Crippen molar-refractivity contribution < 1.29 is 22.8 Å². The summed E-state index contributed by atoms with van der Waals surface area (Å²) in [6.07, 6.45) is 0. The Labute approximate surface area is 274 Å². The second-order valence-electron chi connectivity index (χ2n) is 12.5. The highest BCUT2D eigenvalue weighted by Gasteiger charge is 2.56. The monoisotopic (exact) mass is 676 g/mol. The second-order valence-corrected chi connectivity index (χ2v) is 16.2. The number of fused-ring (bicyclic) bond motifs is 2. The molecule has 238 valence electrons. The number of nitrogens with zero attached hydrogens (tertiary/aromatic N) is 2. The summed E-state index contributed by atoms with van der Waals surface area (Å²) in [6.45, 7) is 7.91.